The molecular weight excluding hydrogens is 528 g/mol. The van der Waals surface area contributed by atoms with Gasteiger partial charge in [-0.1, -0.05) is 18.2 Å². The highest BCUT2D eigenvalue weighted by molar-refractivity contribution is 7.21. The van der Waals surface area contributed by atoms with Crippen LogP contribution >= 0.6 is 11.3 Å². The molecule has 4 aromatic rings. The van der Waals surface area contributed by atoms with Gasteiger partial charge in [0.2, 0.25) is 11.8 Å². The molecule has 3 N–H and O–H groups in total. The van der Waals surface area contributed by atoms with Crippen LogP contribution in [-0.2, 0) is 4.79 Å². The first-order valence-electron chi connectivity index (χ1n) is 13.2. The van der Waals surface area contributed by atoms with Crippen molar-refractivity contribution in [2.75, 3.05) is 10.2 Å². The van der Waals surface area contributed by atoms with Gasteiger partial charge in [-0.25, -0.2) is 14.8 Å². The molecule has 11 heteroatoms. The average Bonchev–Trinajstić information content (AvgIpc) is 3.29. The number of amides is 4. The van der Waals surface area contributed by atoms with Crippen LogP contribution in [0.4, 0.5) is 21.9 Å². The van der Waals surface area contributed by atoms with Gasteiger partial charge in [0.1, 0.15) is 15.5 Å². The number of nitrogens with zero attached hydrogens (tertiary/aromatic N) is 3. The van der Waals surface area contributed by atoms with E-state index in [0.717, 1.165) is 19.3 Å². The lowest BCUT2D eigenvalue weighted by Crippen LogP contribution is -2.45. The van der Waals surface area contributed by atoms with Crippen LogP contribution in [0, 0.1) is 6.92 Å². The SMILES string of the molecule is CC(=O)N[C@@H]1CCC[C@H](NC(=O)c2sc3nccc4c3c2NC(=O)N4c2ccc(Oc3ccccc3)nc2C)C1. The molecule has 6 rings (SSSR count). The van der Waals surface area contributed by atoms with Crippen molar-refractivity contribution < 1.29 is 19.1 Å². The number of carbonyl (C=O) groups excluding carboxylic acids is 3. The molecular formula is C29H28N6O4S. The molecule has 0 unspecified atom stereocenters. The minimum atomic E-state index is -0.391. The summed E-state index contributed by atoms with van der Waals surface area (Å²) in [5.41, 5.74) is 2.30. The van der Waals surface area contributed by atoms with Crippen molar-refractivity contribution in [3.05, 3.63) is 65.3 Å². The molecule has 2 atom stereocenters. The molecule has 40 heavy (non-hydrogen) atoms. The van der Waals surface area contributed by atoms with E-state index in [1.807, 2.05) is 37.3 Å². The number of thiophene rings is 1. The van der Waals surface area contributed by atoms with Gasteiger partial charge in [-0.15, -0.1) is 11.3 Å². The van der Waals surface area contributed by atoms with Gasteiger partial charge in [0.25, 0.3) is 5.91 Å². The monoisotopic (exact) mass is 556 g/mol. The van der Waals surface area contributed by atoms with Crippen molar-refractivity contribution in [2.24, 2.45) is 0 Å². The molecule has 1 aliphatic heterocycles. The van der Waals surface area contributed by atoms with Crippen LogP contribution < -0.4 is 25.6 Å². The summed E-state index contributed by atoms with van der Waals surface area (Å²) < 4.78 is 5.86. The van der Waals surface area contributed by atoms with Crippen molar-refractivity contribution >= 4 is 56.5 Å². The highest BCUT2D eigenvalue weighted by Gasteiger charge is 2.34. The second kappa shape index (κ2) is 10.6. The Kier molecular flexibility index (Phi) is 6.81. The number of hydrogen-bond donors (Lipinski definition) is 3. The number of pyridine rings is 2. The van der Waals surface area contributed by atoms with Gasteiger partial charge in [-0.3, -0.25) is 14.5 Å². The molecule has 1 saturated carbocycles. The second-order valence-electron chi connectivity index (χ2n) is 9.99. The fourth-order valence-electron chi connectivity index (χ4n) is 5.41. The molecule has 1 aliphatic carbocycles. The Morgan fingerprint density at radius 3 is 2.58 bits per heavy atom. The molecule has 10 nitrogen and oxygen atoms in total. The number of carbonyl (C=O) groups is 3. The van der Waals surface area contributed by atoms with E-state index in [-0.39, 0.29) is 23.9 Å². The molecule has 0 bridgehead atoms. The highest BCUT2D eigenvalue weighted by Crippen LogP contribution is 2.46. The zero-order chi connectivity index (χ0) is 27.8. The Morgan fingerprint density at radius 2 is 1.82 bits per heavy atom. The fourth-order valence-corrected chi connectivity index (χ4v) is 6.43. The van der Waals surface area contributed by atoms with Gasteiger partial charge in [0, 0.05) is 31.3 Å². The Hall–Kier alpha value is -4.51. The number of ether oxygens (including phenoxy) is 1. The van der Waals surface area contributed by atoms with Crippen LogP contribution in [-0.4, -0.2) is 39.9 Å². The van der Waals surface area contributed by atoms with Gasteiger partial charge in [-0.05, 0) is 56.9 Å². The number of urea groups is 1. The maximum atomic E-state index is 13.5. The summed E-state index contributed by atoms with van der Waals surface area (Å²) in [5.74, 6) is 0.761. The fraction of sp³-hybridized carbons (Fsp3) is 0.276. The number of aryl methyl sites for hydroxylation is 1. The first-order chi connectivity index (χ1) is 19.4. The first kappa shape index (κ1) is 25.8. The Labute approximate surface area is 234 Å². The number of hydrogen-bond acceptors (Lipinski definition) is 7. The number of benzene rings is 1. The number of nitrogens with one attached hydrogen (secondary N) is 3. The Morgan fingerprint density at radius 1 is 1.05 bits per heavy atom. The molecule has 1 fully saturated rings. The summed E-state index contributed by atoms with van der Waals surface area (Å²) in [4.78, 5) is 50.1. The number of anilines is 3. The van der Waals surface area contributed by atoms with Gasteiger partial charge in [0.15, 0.2) is 0 Å². The van der Waals surface area contributed by atoms with Gasteiger partial charge < -0.3 is 20.7 Å². The standard InChI is InChI=1S/C29H28N6O4S/c1-16-21(11-12-23(31-16)39-20-9-4-3-5-10-20)35-22-13-14-30-28-24(22)25(34-29(35)38)26(40-28)27(37)33-19-8-6-7-18(15-19)32-17(2)36/h3-5,9-14,18-19H,6-8,15H2,1-2H3,(H,32,36)(H,33,37)(H,34,38)/t18-,19+/m1/s1. The van der Waals surface area contributed by atoms with Crippen molar-refractivity contribution in [3.8, 4) is 11.6 Å². The Balaban J connectivity index is 1.28. The molecule has 3 aromatic heterocycles. The van der Waals surface area contributed by atoms with Gasteiger partial charge in [-0.2, -0.15) is 0 Å². The van der Waals surface area contributed by atoms with E-state index < -0.39 is 6.03 Å². The zero-order valence-electron chi connectivity index (χ0n) is 22.1. The minimum absolute atomic E-state index is 0.0418. The molecule has 1 aromatic carbocycles. The topological polar surface area (TPSA) is 126 Å². The number of aromatic nitrogens is 2. The predicted molar refractivity (Wildman–Crippen MR) is 154 cm³/mol. The summed E-state index contributed by atoms with van der Waals surface area (Å²) in [5, 5.41) is 9.72. The van der Waals surface area contributed by atoms with E-state index in [1.54, 1.807) is 29.3 Å². The quantitative estimate of drug-likeness (QED) is 0.282. The van der Waals surface area contributed by atoms with E-state index in [2.05, 4.69) is 25.9 Å². The van der Waals surface area contributed by atoms with Gasteiger partial charge >= 0.3 is 6.03 Å². The van der Waals surface area contributed by atoms with Gasteiger partial charge in [0.05, 0.1) is 28.1 Å². The zero-order valence-corrected chi connectivity index (χ0v) is 22.9. The van der Waals surface area contributed by atoms with E-state index in [9.17, 15) is 14.4 Å². The van der Waals surface area contributed by atoms with E-state index in [0.29, 0.717) is 55.9 Å². The van der Waals surface area contributed by atoms with Crippen LogP contribution in [0.2, 0.25) is 0 Å². The van der Waals surface area contributed by atoms with Crippen LogP contribution in [0.1, 0.15) is 48.0 Å². The summed E-state index contributed by atoms with van der Waals surface area (Å²) in [6.45, 7) is 3.32. The third-order valence-corrected chi connectivity index (χ3v) is 8.20. The van der Waals surface area contributed by atoms with E-state index >= 15 is 0 Å². The third-order valence-electron chi connectivity index (χ3n) is 7.11. The van der Waals surface area contributed by atoms with Crippen molar-refractivity contribution in [1.29, 1.82) is 0 Å². The summed E-state index contributed by atoms with van der Waals surface area (Å²) in [7, 11) is 0. The summed E-state index contributed by atoms with van der Waals surface area (Å²) >= 11 is 1.25. The normalized spacial score (nSPS) is 18.2. The summed E-state index contributed by atoms with van der Waals surface area (Å²) in [6.07, 6.45) is 4.95. The molecule has 0 saturated heterocycles. The summed E-state index contributed by atoms with van der Waals surface area (Å²) in [6, 6.07) is 14.2. The molecule has 2 aliphatic rings. The number of para-hydroxylation sites is 1. The maximum absolute atomic E-state index is 13.5. The van der Waals surface area contributed by atoms with Crippen LogP contribution in [0.5, 0.6) is 11.6 Å². The molecule has 4 heterocycles. The van der Waals surface area contributed by atoms with Crippen LogP contribution in [0.3, 0.4) is 0 Å². The van der Waals surface area contributed by atoms with E-state index in [1.165, 1.54) is 18.3 Å². The average molecular weight is 557 g/mol. The molecule has 4 amide bonds. The third kappa shape index (κ3) is 4.95. The predicted octanol–water partition coefficient (Wildman–Crippen LogP) is 5.65. The van der Waals surface area contributed by atoms with Crippen LogP contribution in [0.25, 0.3) is 10.2 Å². The highest BCUT2D eigenvalue weighted by atomic mass is 32.1. The second-order valence-corrected chi connectivity index (χ2v) is 11.0. The molecule has 0 spiro atoms. The van der Waals surface area contributed by atoms with Crippen LogP contribution in [0.15, 0.2) is 54.7 Å². The lowest BCUT2D eigenvalue weighted by molar-refractivity contribution is -0.119. The smallest absolute Gasteiger partial charge is 0.331 e. The maximum Gasteiger partial charge on any atom is 0.331 e. The van der Waals surface area contributed by atoms with Crippen molar-refractivity contribution in [1.82, 2.24) is 20.6 Å². The Bertz CT molecular complexity index is 1620. The van der Waals surface area contributed by atoms with E-state index in [4.69, 9.17) is 4.74 Å². The largest absolute Gasteiger partial charge is 0.439 e. The van der Waals surface area contributed by atoms with Crippen molar-refractivity contribution in [3.63, 3.8) is 0 Å². The molecule has 0 radical (unpaired) electrons. The number of rotatable bonds is 6. The molecule has 204 valence electrons. The lowest BCUT2D eigenvalue weighted by Gasteiger charge is -2.30. The minimum Gasteiger partial charge on any atom is -0.439 e. The van der Waals surface area contributed by atoms with Crippen molar-refractivity contribution in [2.45, 2.75) is 51.6 Å². The lowest BCUT2D eigenvalue weighted by atomic mass is 9.91. The first-order valence-corrected chi connectivity index (χ1v) is 14.0.